The predicted octanol–water partition coefficient (Wildman–Crippen LogP) is 4.32. The van der Waals surface area contributed by atoms with E-state index in [1.807, 2.05) is 13.8 Å². The lowest BCUT2D eigenvalue weighted by Gasteiger charge is -2.09. The summed E-state index contributed by atoms with van der Waals surface area (Å²) in [6, 6.07) is 4.72. The molecule has 1 heterocycles. The molecule has 2 rings (SSSR count). The zero-order valence-electron chi connectivity index (χ0n) is 9.26. The van der Waals surface area contributed by atoms with E-state index in [-0.39, 0.29) is 5.82 Å². The molecule has 0 saturated carbocycles. The molecule has 1 aromatic heterocycles. The van der Waals surface area contributed by atoms with Crippen molar-refractivity contribution in [2.24, 2.45) is 0 Å². The second-order valence-corrected chi connectivity index (χ2v) is 4.99. The summed E-state index contributed by atoms with van der Waals surface area (Å²) in [6.07, 6.45) is 0. The number of nitrogens with zero attached hydrogens (tertiary/aromatic N) is 2. The SMILES string of the molecule is Cc1c(Cl)nnc(-c2cc(Br)ccc2F)c1C. The summed E-state index contributed by atoms with van der Waals surface area (Å²) >= 11 is 9.18. The van der Waals surface area contributed by atoms with Crippen LogP contribution in [0.3, 0.4) is 0 Å². The molecular formula is C12H9BrClFN2. The Hall–Kier alpha value is -1.00. The van der Waals surface area contributed by atoms with Crippen LogP contribution in [0.15, 0.2) is 22.7 Å². The first-order valence-electron chi connectivity index (χ1n) is 4.95. The average molecular weight is 316 g/mol. The molecular weight excluding hydrogens is 307 g/mol. The first-order chi connectivity index (χ1) is 8.00. The van der Waals surface area contributed by atoms with Crippen molar-refractivity contribution in [2.45, 2.75) is 13.8 Å². The first kappa shape index (κ1) is 12.5. The fourth-order valence-corrected chi connectivity index (χ4v) is 2.05. The molecule has 0 N–H and O–H groups in total. The van der Waals surface area contributed by atoms with Gasteiger partial charge >= 0.3 is 0 Å². The van der Waals surface area contributed by atoms with Crippen molar-refractivity contribution in [3.05, 3.63) is 44.8 Å². The summed E-state index contributed by atoms with van der Waals surface area (Å²) in [5, 5.41) is 8.14. The molecule has 2 aromatic rings. The first-order valence-corrected chi connectivity index (χ1v) is 6.12. The van der Waals surface area contributed by atoms with Crippen molar-refractivity contribution in [1.82, 2.24) is 10.2 Å². The Morgan fingerprint density at radius 1 is 1.18 bits per heavy atom. The fourth-order valence-electron chi connectivity index (χ4n) is 1.51. The van der Waals surface area contributed by atoms with Crippen LogP contribution in [0.5, 0.6) is 0 Å². The van der Waals surface area contributed by atoms with Gasteiger partial charge in [-0.25, -0.2) is 4.39 Å². The molecule has 0 spiro atoms. The molecule has 5 heteroatoms. The van der Waals surface area contributed by atoms with Crippen LogP contribution in [-0.4, -0.2) is 10.2 Å². The van der Waals surface area contributed by atoms with Gasteiger partial charge in [0.05, 0.1) is 5.69 Å². The van der Waals surface area contributed by atoms with Crippen LogP contribution in [0.1, 0.15) is 11.1 Å². The van der Waals surface area contributed by atoms with Gasteiger partial charge in [0.15, 0.2) is 5.15 Å². The van der Waals surface area contributed by atoms with E-state index in [4.69, 9.17) is 11.6 Å². The molecule has 0 aliphatic rings. The van der Waals surface area contributed by atoms with Crippen molar-refractivity contribution < 1.29 is 4.39 Å². The Bertz CT molecular complexity index is 587. The van der Waals surface area contributed by atoms with E-state index in [2.05, 4.69) is 26.1 Å². The molecule has 88 valence electrons. The second kappa shape index (κ2) is 4.70. The largest absolute Gasteiger partial charge is 0.206 e. The summed E-state index contributed by atoms with van der Waals surface area (Å²) in [4.78, 5) is 0. The maximum atomic E-state index is 13.7. The minimum Gasteiger partial charge on any atom is -0.206 e. The van der Waals surface area contributed by atoms with E-state index in [9.17, 15) is 4.39 Å². The van der Waals surface area contributed by atoms with E-state index >= 15 is 0 Å². The minimum atomic E-state index is -0.327. The molecule has 0 aliphatic heterocycles. The van der Waals surface area contributed by atoms with Crippen LogP contribution in [0, 0.1) is 19.7 Å². The summed E-state index contributed by atoms with van der Waals surface area (Å²) in [5.74, 6) is -0.327. The maximum absolute atomic E-state index is 13.7. The van der Waals surface area contributed by atoms with Gasteiger partial charge in [0.2, 0.25) is 0 Å². The summed E-state index contributed by atoms with van der Waals surface area (Å²) in [7, 11) is 0. The summed E-state index contributed by atoms with van der Waals surface area (Å²) in [5.41, 5.74) is 2.59. The van der Waals surface area contributed by atoms with Gasteiger partial charge in [0.25, 0.3) is 0 Å². The molecule has 0 fully saturated rings. The van der Waals surface area contributed by atoms with Gasteiger partial charge in [-0.2, -0.15) is 0 Å². The molecule has 0 radical (unpaired) electrons. The van der Waals surface area contributed by atoms with Crippen LogP contribution in [0.4, 0.5) is 4.39 Å². The highest BCUT2D eigenvalue weighted by molar-refractivity contribution is 9.10. The number of hydrogen-bond acceptors (Lipinski definition) is 2. The summed E-state index contributed by atoms with van der Waals surface area (Å²) < 4.78 is 14.5. The van der Waals surface area contributed by atoms with Crippen LogP contribution in [-0.2, 0) is 0 Å². The van der Waals surface area contributed by atoms with Crippen LogP contribution < -0.4 is 0 Å². The van der Waals surface area contributed by atoms with Crippen molar-refractivity contribution in [1.29, 1.82) is 0 Å². The second-order valence-electron chi connectivity index (χ2n) is 3.71. The van der Waals surface area contributed by atoms with Gasteiger partial charge in [-0.1, -0.05) is 27.5 Å². The molecule has 0 aliphatic carbocycles. The topological polar surface area (TPSA) is 25.8 Å². The lowest BCUT2D eigenvalue weighted by atomic mass is 10.0. The van der Waals surface area contributed by atoms with Crippen molar-refractivity contribution in [2.75, 3.05) is 0 Å². The Morgan fingerprint density at radius 2 is 1.88 bits per heavy atom. The molecule has 0 saturated heterocycles. The number of aromatic nitrogens is 2. The number of rotatable bonds is 1. The zero-order chi connectivity index (χ0) is 12.6. The van der Waals surface area contributed by atoms with Crippen molar-refractivity contribution >= 4 is 27.5 Å². The van der Waals surface area contributed by atoms with Crippen LogP contribution in [0.2, 0.25) is 5.15 Å². The van der Waals surface area contributed by atoms with Gasteiger partial charge in [-0.3, -0.25) is 0 Å². The van der Waals surface area contributed by atoms with Crippen LogP contribution >= 0.6 is 27.5 Å². The molecule has 1 aromatic carbocycles. The fraction of sp³-hybridized carbons (Fsp3) is 0.167. The lowest BCUT2D eigenvalue weighted by Crippen LogP contribution is -1.98. The van der Waals surface area contributed by atoms with Gasteiger partial charge in [-0.05, 0) is 43.2 Å². The third-order valence-electron chi connectivity index (χ3n) is 2.65. The minimum absolute atomic E-state index is 0.327. The summed E-state index contributed by atoms with van der Waals surface area (Å²) in [6.45, 7) is 3.69. The van der Waals surface area contributed by atoms with Gasteiger partial charge in [0.1, 0.15) is 5.82 Å². The number of halogens is 3. The van der Waals surface area contributed by atoms with Crippen LogP contribution in [0.25, 0.3) is 11.3 Å². The van der Waals surface area contributed by atoms with E-state index in [1.165, 1.54) is 6.07 Å². The normalized spacial score (nSPS) is 10.6. The van der Waals surface area contributed by atoms with E-state index < -0.39 is 0 Å². The van der Waals surface area contributed by atoms with E-state index in [0.717, 1.165) is 15.6 Å². The molecule has 2 nitrogen and oxygen atoms in total. The van der Waals surface area contributed by atoms with E-state index in [1.54, 1.807) is 12.1 Å². The molecule has 0 bridgehead atoms. The third-order valence-corrected chi connectivity index (χ3v) is 3.50. The van der Waals surface area contributed by atoms with Crippen molar-refractivity contribution in [3.8, 4) is 11.3 Å². The average Bonchev–Trinajstić information content (AvgIpc) is 2.30. The molecule has 0 atom stereocenters. The Kier molecular flexibility index (Phi) is 3.45. The molecule has 0 unspecified atom stereocenters. The predicted molar refractivity (Wildman–Crippen MR) is 69.6 cm³/mol. The highest BCUT2D eigenvalue weighted by Gasteiger charge is 2.14. The highest BCUT2D eigenvalue weighted by Crippen LogP contribution is 2.29. The monoisotopic (exact) mass is 314 g/mol. The molecule has 0 amide bonds. The Morgan fingerprint density at radius 3 is 2.59 bits per heavy atom. The smallest absolute Gasteiger partial charge is 0.154 e. The highest BCUT2D eigenvalue weighted by atomic mass is 79.9. The number of hydrogen-bond donors (Lipinski definition) is 0. The lowest BCUT2D eigenvalue weighted by molar-refractivity contribution is 0.630. The number of benzene rings is 1. The third kappa shape index (κ3) is 2.33. The standard InChI is InChI=1S/C12H9BrClFN2/c1-6-7(2)12(14)17-16-11(6)9-5-8(13)3-4-10(9)15/h3-5H,1-2H3. The van der Waals surface area contributed by atoms with Crippen molar-refractivity contribution in [3.63, 3.8) is 0 Å². The van der Waals surface area contributed by atoms with E-state index in [0.29, 0.717) is 16.4 Å². The Balaban J connectivity index is 2.69. The maximum Gasteiger partial charge on any atom is 0.154 e. The Labute approximate surface area is 112 Å². The van der Waals surface area contributed by atoms with Gasteiger partial charge < -0.3 is 0 Å². The van der Waals surface area contributed by atoms with Gasteiger partial charge in [0, 0.05) is 10.0 Å². The zero-order valence-corrected chi connectivity index (χ0v) is 11.6. The molecule has 17 heavy (non-hydrogen) atoms. The quantitative estimate of drug-likeness (QED) is 0.783. The van der Waals surface area contributed by atoms with Gasteiger partial charge in [-0.15, -0.1) is 10.2 Å².